The van der Waals surface area contributed by atoms with E-state index in [-0.39, 0.29) is 6.10 Å². The zero-order valence-electron chi connectivity index (χ0n) is 15.3. The van der Waals surface area contributed by atoms with E-state index in [2.05, 4.69) is 47.1 Å². The van der Waals surface area contributed by atoms with Crippen LogP contribution in [0.5, 0.6) is 5.88 Å². The molecule has 4 heteroatoms. The minimum atomic E-state index is 0.208. The van der Waals surface area contributed by atoms with E-state index in [0.717, 1.165) is 48.8 Å². The van der Waals surface area contributed by atoms with Crippen molar-refractivity contribution in [1.29, 1.82) is 0 Å². The molecule has 3 nitrogen and oxygen atoms in total. The van der Waals surface area contributed by atoms with Crippen molar-refractivity contribution in [2.45, 2.75) is 45.6 Å². The summed E-state index contributed by atoms with van der Waals surface area (Å²) in [5, 5.41) is 0. The second kappa shape index (κ2) is 7.96. The summed E-state index contributed by atoms with van der Waals surface area (Å²) < 4.78 is 6.17. The van der Waals surface area contributed by atoms with Crippen LogP contribution >= 0.6 is 12.2 Å². The van der Waals surface area contributed by atoms with Crippen LogP contribution < -0.4 is 4.74 Å². The number of fused-ring (bicyclic) bond motifs is 1. The Morgan fingerprint density at radius 3 is 2.72 bits per heavy atom. The van der Waals surface area contributed by atoms with E-state index >= 15 is 0 Å². The summed E-state index contributed by atoms with van der Waals surface area (Å²) in [6, 6.07) is 12.7. The molecule has 0 fully saturated rings. The number of thiocarbonyl (C=S) groups is 1. The van der Waals surface area contributed by atoms with Crippen LogP contribution in [0.1, 0.15) is 35.7 Å². The number of likely N-dealkylation sites (N-methyl/N-ethyl adjacent to an activating group) is 1. The molecule has 1 aliphatic carbocycles. The third kappa shape index (κ3) is 4.37. The Hall–Kier alpha value is -1.94. The summed E-state index contributed by atoms with van der Waals surface area (Å²) in [6.45, 7) is 5.07. The molecule has 0 saturated heterocycles. The second-order valence-corrected chi connectivity index (χ2v) is 7.20. The molecule has 0 spiro atoms. The molecule has 0 aliphatic heterocycles. The topological polar surface area (TPSA) is 25.4 Å². The van der Waals surface area contributed by atoms with Gasteiger partial charge in [-0.1, -0.05) is 42.5 Å². The average molecular weight is 355 g/mol. The molecule has 1 aromatic carbocycles. The minimum Gasteiger partial charge on any atom is -0.474 e. The molecule has 0 saturated carbocycles. The Labute approximate surface area is 156 Å². The van der Waals surface area contributed by atoms with Gasteiger partial charge in [0.2, 0.25) is 5.88 Å². The summed E-state index contributed by atoms with van der Waals surface area (Å²) in [5.74, 6) is 0.723. The van der Waals surface area contributed by atoms with Gasteiger partial charge in [0.05, 0.1) is 4.99 Å². The van der Waals surface area contributed by atoms with Gasteiger partial charge in [0, 0.05) is 38.2 Å². The van der Waals surface area contributed by atoms with Crippen molar-refractivity contribution < 1.29 is 4.74 Å². The number of nitrogens with zero attached hydrogens (tertiary/aromatic N) is 2. The van der Waals surface area contributed by atoms with Gasteiger partial charge in [-0.25, -0.2) is 4.98 Å². The van der Waals surface area contributed by atoms with Gasteiger partial charge in [0.25, 0.3) is 0 Å². The fourth-order valence-corrected chi connectivity index (χ4v) is 3.51. The van der Waals surface area contributed by atoms with Gasteiger partial charge in [0.1, 0.15) is 6.10 Å². The van der Waals surface area contributed by atoms with Crippen molar-refractivity contribution in [2.75, 3.05) is 13.6 Å². The highest BCUT2D eigenvalue weighted by molar-refractivity contribution is 7.80. The van der Waals surface area contributed by atoms with E-state index in [1.807, 2.05) is 20.0 Å². The quantitative estimate of drug-likeness (QED) is 0.753. The SMILES string of the molecule is CCN(C)C(=S)Cc1ccc(OC2CCc3ccccc3C2)nc1C. The van der Waals surface area contributed by atoms with Gasteiger partial charge in [0.15, 0.2) is 0 Å². The van der Waals surface area contributed by atoms with E-state index in [1.165, 1.54) is 16.7 Å². The monoisotopic (exact) mass is 354 g/mol. The third-order valence-electron chi connectivity index (χ3n) is 5.00. The van der Waals surface area contributed by atoms with Gasteiger partial charge >= 0.3 is 0 Å². The highest BCUT2D eigenvalue weighted by Gasteiger charge is 2.20. The van der Waals surface area contributed by atoms with Gasteiger partial charge in [-0.2, -0.15) is 0 Å². The molecule has 25 heavy (non-hydrogen) atoms. The first-order valence-electron chi connectivity index (χ1n) is 9.00. The smallest absolute Gasteiger partial charge is 0.213 e. The highest BCUT2D eigenvalue weighted by atomic mass is 32.1. The Bertz CT molecular complexity index is 759. The summed E-state index contributed by atoms with van der Waals surface area (Å²) in [4.78, 5) is 7.71. The van der Waals surface area contributed by atoms with Gasteiger partial charge in [-0.15, -0.1) is 0 Å². The van der Waals surface area contributed by atoms with E-state index in [1.54, 1.807) is 0 Å². The number of ether oxygens (including phenoxy) is 1. The fourth-order valence-electron chi connectivity index (χ4n) is 3.23. The molecule has 1 aromatic heterocycles. The number of hydrogen-bond acceptors (Lipinski definition) is 3. The molecule has 0 radical (unpaired) electrons. The van der Waals surface area contributed by atoms with Gasteiger partial charge in [-0.05, 0) is 43.4 Å². The predicted octanol–water partition coefficient (Wildman–Crippen LogP) is 4.15. The lowest BCUT2D eigenvalue weighted by Gasteiger charge is -2.25. The van der Waals surface area contributed by atoms with Crippen LogP contribution in [0.3, 0.4) is 0 Å². The Kier molecular flexibility index (Phi) is 5.69. The van der Waals surface area contributed by atoms with E-state index < -0.39 is 0 Å². The molecule has 0 amide bonds. The summed E-state index contributed by atoms with van der Waals surface area (Å²) in [6.07, 6.45) is 4.06. The highest BCUT2D eigenvalue weighted by Crippen LogP contribution is 2.24. The maximum Gasteiger partial charge on any atom is 0.213 e. The second-order valence-electron chi connectivity index (χ2n) is 6.73. The van der Waals surface area contributed by atoms with E-state index in [4.69, 9.17) is 17.0 Å². The van der Waals surface area contributed by atoms with Crippen molar-refractivity contribution in [3.63, 3.8) is 0 Å². The Morgan fingerprint density at radius 1 is 1.24 bits per heavy atom. The summed E-state index contributed by atoms with van der Waals surface area (Å²) in [5.41, 5.74) is 5.03. The molecule has 3 rings (SSSR count). The van der Waals surface area contributed by atoms with Crippen LogP contribution in [0, 0.1) is 6.92 Å². The number of pyridine rings is 1. The molecular formula is C21H26N2OS. The molecule has 1 atom stereocenters. The molecule has 132 valence electrons. The number of hydrogen-bond donors (Lipinski definition) is 0. The van der Waals surface area contributed by atoms with Gasteiger partial charge in [-0.3, -0.25) is 0 Å². The van der Waals surface area contributed by atoms with E-state index in [0.29, 0.717) is 0 Å². The van der Waals surface area contributed by atoms with Crippen molar-refractivity contribution in [3.05, 3.63) is 58.8 Å². The fraction of sp³-hybridized carbons (Fsp3) is 0.429. The van der Waals surface area contributed by atoms with Crippen molar-refractivity contribution in [1.82, 2.24) is 9.88 Å². The number of benzene rings is 1. The first kappa shape index (κ1) is 17.9. The maximum atomic E-state index is 6.17. The lowest BCUT2D eigenvalue weighted by atomic mass is 9.90. The standard InChI is InChI=1S/C21H26N2OS/c1-4-23(3)21(25)14-17-10-12-20(22-15(17)2)24-19-11-9-16-7-5-6-8-18(16)13-19/h5-8,10,12,19H,4,9,11,13-14H2,1-3H3. The zero-order chi connectivity index (χ0) is 17.8. The predicted molar refractivity (Wildman–Crippen MR) is 106 cm³/mol. The maximum absolute atomic E-state index is 6.17. The Balaban J connectivity index is 1.65. The van der Waals surface area contributed by atoms with Gasteiger partial charge < -0.3 is 9.64 Å². The summed E-state index contributed by atoms with van der Waals surface area (Å²) >= 11 is 5.49. The largest absolute Gasteiger partial charge is 0.474 e. The van der Waals surface area contributed by atoms with Crippen LogP contribution in [0.4, 0.5) is 0 Å². The number of rotatable bonds is 5. The van der Waals surface area contributed by atoms with Crippen LogP contribution in [0.15, 0.2) is 36.4 Å². The van der Waals surface area contributed by atoms with Crippen LogP contribution in [-0.4, -0.2) is 34.6 Å². The molecular weight excluding hydrogens is 328 g/mol. The first-order valence-corrected chi connectivity index (χ1v) is 9.41. The molecule has 1 heterocycles. The van der Waals surface area contributed by atoms with Crippen molar-refractivity contribution in [3.8, 4) is 5.88 Å². The van der Waals surface area contributed by atoms with Crippen molar-refractivity contribution >= 4 is 17.2 Å². The zero-order valence-corrected chi connectivity index (χ0v) is 16.1. The van der Waals surface area contributed by atoms with Crippen LogP contribution in [0.25, 0.3) is 0 Å². The summed E-state index contributed by atoms with van der Waals surface area (Å²) in [7, 11) is 2.03. The number of aryl methyl sites for hydroxylation is 2. The molecule has 1 unspecified atom stereocenters. The average Bonchev–Trinajstić information content (AvgIpc) is 2.63. The normalized spacial score (nSPS) is 16.2. The van der Waals surface area contributed by atoms with Crippen LogP contribution in [-0.2, 0) is 19.3 Å². The van der Waals surface area contributed by atoms with Crippen molar-refractivity contribution in [2.24, 2.45) is 0 Å². The lowest BCUT2D eigenvalue weighted by molar-refractivity contribution is 0.177. The minimum absolute atomic E-state index is 0.208. The third-order valence-corrected chi connectivity index (χ3v) is 5.46. The van der Waals surface area contributed by atoms with Crippen LogP contribution in [0.2, 0.25) is 0 Å². The van der Waals surface area contributed by atoms with E-state index in [9.17, 15) is 0 Å². The lowest BCUT2D eigenvalue weighted by Crippen LogP contribution is -2.27. The Morgan fingerprint density at radius 2 is 2.00 bits per heavy atom. The number of aromatic nitrogens is 1. The molecule has 2 aromatic rings. The molecule has 0 bridgehead atoms. The molecule has 1 aliphatic rings. The molecule has 0 N–H and O–H groups in total. The first-order chi connectivity index (χ1) is 12.1.